The molecule has 2 atom stereocenters. The Morgan fingerprint density at radius 3 is 2.50 bits per heavy atom. The number of aliphatic hydroxyl groups excluding tert-OH is 1. The fraction of sp³-hybridized carbons (Fsp3) is 0.393. The number of aromatic nitrogens is 4. The van der Waals surface area contributed by atoms with E-state index in [0.29, 0.717) is 24.4 Å². The van der Waals surface area contributed by atoms with Crippen molar-refractivity contribution in [2.45, 2.75) is 70.7 Å². The molecule has 36 heavy (non-hydrogen) atoms. The lowest BCUT2D eigenvalue weighted by Gasteiger charge is -2.20. The van der Waals surface area contributed by atoms with Crippen molar-refractivity contribution >= 4 is 22.9 Å². The lowest BCUT2D eigenvalue weighted by molar-refractivity contribution is 0.169. The Bertz CT molecular complexity index is 1310. The van der Waals surface area contributed by atoms with Crippen molar-refractivity contribution in [3.05, 3.63) is 60.4 Å². The van der Waals surface area contributed by atoms with Gasteiger partial charge in [-0.3, -0.25) is 0 Å². The number of phenolic OH excluding ortho intramolecular Hbond substituents is 1. The highest BCUT2D eigenvalue weighted by atomic mass is 16.3. The summed E-state index contributed by atoms with van der Waals surface area (Å²) in [6.07, 6.45) is 6.84. The summed E-state index contributed by atoms with van der Waals surface area (Å²) in [4.78, 5) is 14.3. The van der Waals surface area contributed by atoms with Crippen molar-refractivity contribution in [3.8, 4) is 16.9 Å². The van der Waals surface area contributed by atoms with Crippen LogP contribution < -0.4 is 10.6 Å². The highest BCUT2D eigenvalue weighted by Gasteiger charge is 2.23. The average Bonchev–Trinajstić information content (AvgIpc) is 3.56. The monoisotopic (exact) mass is 486 g/mol. The average molecular weight is 487 g/mol. The molecule has 1 aliphatic carbocycles. The number of anilines is 2. The molecule has 2 aromatic carbocycles. The fourth-order valence-corrected chi connectivity index (χ4v) is 4.99. The van der Waals surface area contributed by atoms with Crippen LogP contribution >= 0.6 is 0 Å². The third-order valence-corrected chi connectivity index (χ3v) is 7.11. The number of benzene rings is 2. The predicted molar refractivity (Wildman–Crippen MR) is 143 cm³/mol. The van der Waals surface area contributed by atoms with Crippen molar-refractivity contribution in [3.63, 3.8) is 0 Å². The lowest BCUT2D eigenvalue weighted by atomic mass is 10.0. The molecule has 4 aromatic rings. The fourth-order valence-electron chi connectivity index (χ4n) is 4.99. The summed E-state index contributed by atoms with van der Waals surface area (Å²) in [5, 5.41) is 27.1. The maximum absolute atomic E-state index is 10.2. The molecule has 1 saturated carbocycles. The molecule has 1 unspecified atom stereocenters. The van der Waals surface area contributed by atoms with E-state index in [1.807, 2.05) is 55.7 Å². The smallest absolute Gasteiger partial charge is 0.227 e. The molecule has 4 N–H and O–H groups in total. The van der Waals surface area contributed by atoms with E-state index in [1.165, 1.54) is 12.8 Å². The number of aromatic hydroxyl groups is 1. The van der Waals surface area contributed by atoms with Crippen LogP contribution in [0.4, 0.5) is 11.8 Å². The van der Waals surface area contributed by atoms with Crippen molar-refractivity contribution in [1.82, 2.24) is 19.5 Å². The van der Waals surface area contributed by atoms with Crippen LogP contribution in [0.5, 0.6) is 5.75 Å². The van der Waals surface area contributed by atoms with Crippen LogP contribution in [0.3, 0.4) is 0 Å². The van der Waals surface area contributed by atoms with Crippen LogP contribution in [0.15, 0.2) is 54.9 Å². The van der Waals surface area contributed by atoms with Gasteiger partial charge in [0.25, 0.3) is 0 Å². The first-order chi connectivity index (χ1) is 17.5. The Morgan fingerprint density at radius 2 is 1.81 bits per heavy atom. The number of imidazole rings is 1. The second-order valence-corrected chi connectivity index (χ2v) is 9.63. The van der Waals surface area contributed by atoms with Gasteiger partial charge in [-0.25, -0.2) is 4.98 Å². The zero-order chi connectivity index (χ0) is 25.1. The van der Waals surface area contributed by atoms with E-state index in [1.54, 1.807) is 13.0 Å². The van der Waals surface area contributed by atoms with Crippen molar-refractivity contribution in [2.75, 3.05) is 10.6 Å². The topological polar surface area (TPSA) is 108 Å². The van der Waals surface area contributed by atoms with E-state index in [9.17, 15) is 10.2 Å². The van der Waals surface area contributed by atoms with Gasteiger partial charge in [-0.05, 0) is 43.4 Å². The molecule has 0 radical (unpaired) electrons. The van der Waals surface area contributed by atoms with Gasteiger partial charge in [0, 0.05) is 18.2 Å². The standard InChI is InChI=1S/C28H34N6O2/c1-3-23(18(2)35)31-28-32-26(25-27(33-28)34(17-30-25)21-8-4-5-9-21)29-16-19-12-14-20(15-13-19)22-10-6-7-11-24(22)36/h6-7,10-15,17-18,21,23,35-36H,3-5,8-9,16H2,1-2H3,(H2,29,31,32,33)/t18-,23?/m1/s1. The van der Waals surface area contributed by atoms with Gasteiger partial charge in [-0.15, -0.1) is 0 Å². The molecule has 1 fully saturated rings. The van der Waals surface area contributed by atoms with Gasteiger partial charge in [0.2, 0.25) is 5.95 Å². The van der Waals surface area contributed by atoms with Crippen LogP contribution in [0.1, 0.15) is 57.6 Å². The minimum Gasteiger partial charge on any atom is -0.507 e. The van der Waals surface area contributed by atoms with E-state index in [4.69, 9.17) is 9.97 Å². The Kier molecular flexibility index (Phi) is 7.04. The first-order valence-corrected chi connectivity index (χ1v) is 12.8. The molecule has 5 rings (SSSR count). The number of nitrogens with zero attached hydrogens (tertiary/aromatic N) is 4. The number of fused-ring (bicyclic) bond motifs is 1. The maximum Gasteiger partial charge on any atom is 0.227 e. The second-order valence-electron chi connectivity index (χ2n) is 9.63. The molecule has 1 aliphatic rings. The predicted octanol–water partition coefficient (Wildman–Crippen LogP) is 5.50. The summed E-state index contributed by atoms with van der Waals surface area (Å²) >= 11 is 0. The minimum atomic E-state index is -0.520. The highest BCUT2D eigenvalue weighted by molar-refractivity contribution is 5.84. The Labute approximate surface area is 211 Å². The summed E-state index contributed by atoms with van der Waals surface area (Å²) in [5.41, 5.74) is 4.43. The van der Waals surface area contributed by atoms with Crippen LogP contribution in [0, 0.1) is 0 Å². The van der Waals surface area contributed by atoms with Crippen molar-refractivity contribution < 1.29 is 10.2 Å². The first-order valence-electron chi connectivity index (χ1n) is 12.8. The molecule has 0 spiro atoms. The molecule has 2 aromatic heterocycles. The Morgan fingerprint density at radius 1 is 1.06 bits per heavy atom. The summed E-state index contributed by atoms with van der Waals surface area (Å²) in [7, 11) is 0. The maximum atomic E-state index is 10.2. The molecule has 188 valence electrons. The summed E-state index contributed by atoms with van der Waals surface area (Å²) in [5.74, 6) is 1.43. The lowest BCUT2D eigenvalue weighted by Crippen LogP contribution is -2.31. The SMILES string of the molecule is CCC(Nc1nc(NCc2ccc(-c3ccccc3O)cc2)c2ncn(C3CCCC3)c2n1)[C@@H](C)O. The Balaban J connectivity index is 1.42. The zero-order valence-corrected chi connectivity index (χ0v) is 20.9. The van der Waals surface area contributed by atoms with Crippen LogP contribution in [0.25, 0.3) is 22.3 Å². The number of hydrogen-bond acceptors (Lipinski definition) is 7. The van der Waals surface area contributed by atoms with E-state index in [2.05, 4.69) is 20.2 Å². The number of phenols is 1. The molecular formula is C28H34N6O2. The van der Waals surface area contributed by atoms with E-state index in [0.717, 1.165) is 47.1 Å². The molecule has 0 saturated heterocycles. The molecule has 0 amide bonds. The van der Waals surface area contributed by atoms with Gasteiger partial charge in [0.05, 0.1) is 18.5 Å². The van der Waals surface area contributed by atoms with Gasteiger partial charge in [-0.1, -0.05) is 62.2 Å². The summed E-state index contributed by atoms with van der Waals surface area (Å²) < 4.78 is 2.19. The first kappa shape index (κ1) is 24.1. The van der Waals surface area contributed by atoms with Gasteiger partial charge in [0.1, 0.15) is 5.75 Å². The largest absolute Gasteiger partial charge is 0.507 e. The molecule has 8 nitrogen and oxygen atoms in total. The molecule has 8 heteroatoms. The van der Waals surface area contributed by atoms with Gasteiger partial charge in [0.15, 0.2) is 17.0 Å². The third kappa shape index (κ3) is 4.99. The van der Waals surface area contributed by atoms with Gasteiger partial charge >= 0.3 is 0 Å². The zero-order valence-electron chi connectivity index (χ0n) is 20.9. The number of rotatable bonds is 9. The van der Waals surface area contributed by atoms with Gasteiger partial charge in [-0.2, -0.15) is 9.97 Å². The van der Waals surface area contributed by atoms with Crippen molar-refractivity contribution in [2.24, 2.45) is 0 Å². The Hall–Kier alpha value is -3.65. The minimum absolute atomic E-state index is 0.139. The van der Waals surface area contributed by atoms with Crippen molar-refractivity contribution in [1.29, 1.82) is 0 Å². The van der Waals surface area contributed by atoms with E-state index >= 15 is 0 Å². The molecular weight excluding hydrogens is 452 g/mol. The summed E-state index contributed by atoms with van der Waals surface area (Å²) in [6, 6.07) is 15.7. The van der Waals surface area contributed by atoms with Crippen LogP contribution in [0.2, 0.25) is 0 Å². The molecule has 2 heterocycles. The number of nitrogens with one attached hydrogen (secondary N) is 2. The highest BCUT2D eigenvalue weighted by Crippen LogP contribution is 2.33. The second kappa shape index (κ2) is 10.5. The number of para-hydroxylation sites is 1. The number of hydrogen-bond donors (Lipinski definition) is 4. The normalized spacial score (nSPS) is 15.8. The van der Waals surface area contributed by atoms with Gasteiger partial charge < -0.3 is 25.4 Å². The van der Waals surface area contributed by atoms with E-state index < -0.39 is 6.10 Å². The van der Waals surface area contributed by atoms with Crippen LogP contribution in [-0.2, 0) is 6.54 Å². The van der Waals surface area contributed by atoms with E-state index in [-0.39, 0.29) is 11.8 Å². The number of aliphatic hydroxyl groups is 1. The molecule has 0 bridgehead atoms. The summed E-state index contributed by atoms with van der Waals surface area (Å²) in [6.45, 7) is 4.38. The molecule has 0 aliphatic heterocycles. The quantitative estimate of drug-likeness (QED) is 0.247. The third-order valence-electron chi connectivity index (χ3n) is 7.11. The van der Waals surface area contributed by atoms with Crippen LogP contribution in [-0.4, -0.2) is 41.9 Å².